The molecule has 164 valence electrons. The molecule has 2 heterocycles. The average Bonchev–Trinajstić information content (AvgIpc) is 3.50. The Morgan fingerprint density at radius 3 is 1.97 bits per heavy atom. The Kier molecular flexibility index (Phi) is 6.00. The van der Waals surface area contributed by atoms with Crippen molar-refractivity contribution in [2.75, 3.05) is 5.32 Å². The maximum Gasteiger partial charge on any atom is 0.180 e. The molecule has 1 N–H and O–H groups in total. The molecule has 3 aromatic carbocycles. The monoisotopic (exact) mass is 451 g/mol. The van der Waals surface area contributed by atoms with Crippen molar-refractivity contribution >= 4 is 17.0 Å². The van der Waals surface area contributed by atoms with Crippen molar-refractivity contribution in [3.63, 3.8) is 0 Å². The van der Waals surface area contributed by atoms with E-state index in [4.69, 9.17) is 0 Å². The summed E-state index contributed by atoms with van der Waals surface area (Å²) in [5.74, 6) is 0.773. The number of tetrazole rings is 1. The van der Waals surface area contributed by atoms with Crippen LogP contribution in [0, 0.1) is 13.8 Å². The van der Waals surface area contributed by atoms with E-state index in [1.54, 1.807) is 11.3 Å². The minimum absolute atomic E-state index is 0.138. The largest absolute Gasteiger partial charge is 0.371 e. The molecule has 0 fully saturated rings. The summed E-state index contributed by atoms with van der Waals surface area (Å²) in [7, 11) is 0. The molecule has 0 spiro atoms. The second kappa shape index (κ2) is 9.38. The number of nitrogens with one attached hydrogen (secondary N) is 1. The van der Waals surface area contributed by atoms with Crippen molar-refractivity contribution in [2.45, 2.75) is 25.9 Å². The molecule has 0 aliphatic rings. The lowest BCUT2D eigenvalue weighted by Gasteiger charge is -2.23. The van der Waals surface area contributed by atoms with E-state index in [-0.39, 0.29) is 12.1 Å². The molecule has 5 nitrogen and oxygen atoms in total. The normalized spacial score (nSPS) is 12.1. The molecule has 0 aliphatic heterocycles. The second-order valence-electron chi connectivity index (χ2n) is 8.10. The summed E-state index contributed by atoms with van der Waals surface area (Å²) in [5, 5.41) is 16.8. The number of nitrogens with zero attached hydrogens (tertiary/aromatic N) is 4. The number of rotatable bonds is 7. The minimum atomic E-state index is -0.184. The van der Waals surface area contributed by atoms with Gasteiger partial charge in [0.15, 0.2) is 5.82 Å². The highest BCUT2D eigenvalue weighted by molar-refractivity contribution is 7.12. The first-order chi connectivity index (χ1) is 16.2. The summed E-state index contributed by atoms with van der Waals surface area (Å²) < 4.78 is 1.95. The maximum absolute atomic E-state index is 4.53. The van der Waals surface area contributed by atoms with Gasteiger partial charge < -0.3 is 5.32 Å². The summed E-state index contributed by atoms with van der Waals surface area (Å²) in [6, 6.07) is 33.2. The van der Waals surface area contributed by atoms with Crippen LogP contribution in [0.1, 0.15) is 44.4 Å². The van der Waals surface area contributed by atoms with Crippen LogP contribution >= 0.6 is 11.3 Å². The molecule has 2 aromatic heterocycles. The van der Waals surface area contributed by atoms with E-state index < -0.39 is 0 Å². The number of aromatic nitrogens is 4. The van der Waals surface area contributed by atoms with Crippen LogP contribution in [0.3, 0.4) is 0 Å². The third kappa shape index (κ3) is 4.56. The van der Waals surface area contributed by atoms with Gasteiger partial charge in [-0.25, -0.2) is 4.68 Å². The lowest BCUT2D eigenvalue weighted by molar-refractivity contribution is 0.541. The van der Waals surface area contributed by atoms with Crippen LogP contribution in [0.4, 0.5) is 5.69 Å². The molecule has 1 atom stereocenters. The maximum atomic E-state index is 4.53. The van der Waals surface area contributed by atoms with Crippen molar-refractivity contribution < 1.29 is 0 Å². The summed E-state index contributed by atoms with van der Waals surface area (Å²) in [6.45, 7) is 4.21. The Morgan fingerprint density at radius 1 is 0.758 bits per heavy atom. The molecular weight excluding hydrogens is 426 g/mol. The zero-order valence-corrected chi connectivity index (χ0v) is 19.4. The number of hydrogen-bond donors (Lipinski definition) is 1. The fourth-order valence-corrected chi connectivity index (χ4v) is 4.93. The molecule has 0 aliphatic carbocycles. The van der Waals surface area contributed by atoms with Gasteiger partial charge in [0.1, 0.15) is 12.1 Å². The Labute approximate surface area is 197 Å². The van der Waals surface area contributed by atoms with Crippen molar-refractivity contribution in [1.29, 1.82) is 0 Å². The van der Waals surface area contributed by atoms with E-state index in [0.29, 0.717) is 0 Å². The van der Waals surface area contributed by atoms with Gasteiger partial charge >= 0.3 is 0 Å². The Hall–Kier alpha value is -3.77. The summed E-state index contributed by atoms with van der Waals surface area (Å²) in [5.41, 5.74) is 4.52. The van der Waals surface area contributed by atoms with E-state index in [9.17, 15) is 0 Å². The smallest absolute Gasteiger partial charge is 0.180 e. The fraction of sp³-hybridized carbons (Fsp3) is 0.148. The molecule has 33 heavy (non-hydrogen) atoms. The van der Waals surface area contributed by atoms with Crippen LogP contribution in [-0.4, -0.2) is 20.2 Å². The van der Waals surface area contributed by atoms with Crippen LogP contribution in [-0.2, 0) is 0 Å². The molecule has 5 aromatic rings. The van der Waals surface area contributed by atoms with Crippen molar-refractivity contribution in [3.8, 4) is 0 Å². The van der Waals surface area contributed by atoms with E-state index in [1.165, 1.54) is 15.3 Å². The first-order valence-corrected chi connectivity index (χ1v) is 11.8. The fourth-order valence-electron chi connectivity index (χ4n) is 4.01. The van der Waals surface area contributed by atoms with Gasteiger partial charge in [-0.1, -0.05) is 78.4 Å². The van der Waals surface area contributed by atoms with E-state index >= 15 is 0 Å². The topological polar surface area (TPSA) is 55.6 Å². The van der Waals surface area contributed by atoms with Gasteiger partial charge in [0.05, 0.1) is 0 Å². The van der Waals surface area contributed by atoms with E-state index in [1.807, 2.05) is 16.8 Å². The second-order valence-corrected chi connectivity index (χ2v) is 9.42. The lowest BCUT2D eigenvalue weighted by Crippen LogP contribution is -2.22. The Morgan fingerprint density at radius 2 is 1.39 bits per heavy atom. The first kappa shape index (κ1) is 21.1. The van der Waals surface area contributed by atoms with Crippen molar-refractivity contribution in [2.24, 2.45) is 0 Å². The van der Waals surface area contributed by atoms with Crippen LogP contribution in [0.15, 0.2) is 97.1 Å². The predicted molar refractivity (Wildman–Crippen MR) is 134 cm³/mol. The minimum Gasteiger partial charge on any atom is -0.371 e. The molecule has 0 amide bonds. The van der Waals surface area contributed by atoms with Crippen LogP contribution in [0.2, 0.25) is 0 Å². The van der Waals surface area contributed by atoms with Crippen LogP contribution in [0.5, 0.6) is 0 Å². The molecule has 0 saturated carbocycles. The quantitative estimate of drug-likeness (QED) is 0.320. The number of benzene rings is 3. The zero-order valence-electron chi connectivity index (χ0n) is 18.6. The SMILES string of the molecule is Cc1ccc(NC(c2ccc(C)s2)c2nnnn2C(c2ccccc2)c2ccccc2)cc1. The van der Waals surface area contributed by atoms with E-state index in [2.05, 4.69) is 120 Å². The van der Waals surface area contributed by atoms with Gasteiger partial charge in [0, 0.05) is 15.4 Å². The predicted octanol–water partition coefficient (Wildman–Crippen LogP) is 6.19. The molecule has 5 rings (SSSR count). The summed E-state index contributed by atoms with van der Waals surface area (Å²) in [6.07, 6.45) is 0. The summed E-state index contributed by atoms with van der Waals surface area (Å²) in [4.78, 5) is 2.42. The van der Waals surface area contributed by atoms with E-state index in [0.717, 1.165) is 22.6 Å². The highest BCUT2D eigenvalue weighted by atomic mass is 32.1. The third-order valence-corrected chi connectivity index (χ3v) is 6.73. The molecule has 6 heteroatoms. The van der Waals surface area contributed by atoms with Crippen molar-refractivity contribution in [3.05, 3.63) is 129 Å². The molecular formula is C27H25N5S. The standard InChI is InChI=1S/C27H25N5S/c1-19-13-16-23(17-14-19)28-25(24-18-15-20(2)33-24)27-29-30-31-32(27)26(21-9-5-3-6-10-21)22-11-7-4-8-12-22/h3-18,25-26,28H,1-2H3. The molecule has 0 saturated heterocycles. The van der Waals surface area contributed by atoms with Gasteiger partial charge in [-0.3, -0.25) is 0 Å². The summed E-state index contributed by atoms with van der Waals surface area (Å²) >= 11 is 1.76. The van der Waals surface area contributed by atoms with Gasteiger partial charge in [0.25, 0.3) is 0 Å². The third-order valence-electron chi connectivity index (χ3n) is 5.66. The number of aryl methyl sites for hydroxylation is 2. The lowest BCUT2D eigenvalue weighted by atomic mass is 9.98. The number of thiophene rings is 1. The van der Waals surface area contributed by atoms with Gasteiger partial charge in [-0.15, -0.1) is 16.4 Å². The number of anilines is 1. The molecule has 1 unspecified atom stereocenters. The molecule has 0 radical (unpaired) electrons. The van der Waals surface area contributed by atoms with Gasteiger partial charge in [-0.2, -0.15) is 0 Å². The van der Waals surface area contributed by atoms with Crippen LogP contribution < -0.4 is 5.32 Å². The first-order valence-electron chi connectivity index (χ1n) is 11.0. The highest BCUT2D eigenvalue weighted by Crippen LogP contribution is 2.34. The van der Waals surface area contributed by atoms with Crippen molar-refractivity contribution in [1.82, 2.24) is 20.2 Å². The Balaban J connectivity index is 1.63. The highest BCUT2D eigenvalue weighted by Gasteiger charge is 2.28. The molecule has 0 bridgehead atoms. The van der Waals surface area contributed by atoms with Crippen LogP contribution in [0.25, 0.3) is 0 Å². The average molecular weight is 452 g/mol. The van der Waals surface area contributed by atoms with Gasteiger partial charge in [0.2, 0.25) is 0 Å². The van der Waals surface area contributed by atoms with Gasteiger partial charge in [-0.05, 0) is 59.7 Å². The Bertz CT molecular complexity index is 1270. The zero-order chi connectivity index (χ0) is 22.6. The number of hydrogen-bond acceptors (Lipinski definition) is 5.